The van der Waals surface area contributed by atoms with Crippen LogP contribution >= 0.6 is 0 Å². The first kappa shape index (κ1) is 21.8. The highest BCUT2D eigenvalue weighted by Gasteiger charge is 2.40. The number of esters is 1. The second-order valence-electron chi connectivity index (χ2n) is 9.27. The van der Waals surface area contributed by atoms with Gasteiger partial charge >= 0.3 is 5.97 Å². The Morgan fingerprint density at radius 3 is 2.42 bits per heavy atom. The molecule has 0 bridgehead atoms. The Labute approximate surface area is 184 Å². The molecular weight excluding hydrogens is 392 g/mol. The minimum Gasteiger partial charge on any atom is -0.455 e. The molecule has 1 heterocycles. The number of benzene rings is 1. The van der Waals surface area contributed by atoms with Crippen LogP contribution in [0.1, 0.15) is 63.4 Å². The van der Waals surface area contributed by atoms with Crippen LogP contribution in [-0.4, -0.2) is 48.9 Å². The van der Waals surface area contributed by atoms with E-state index in [2.05, 4.69) is 6.07 Å². The van der Waals surface area contributed by atoms with Crippen LogP contribution in [0, 0.1) is 11.8 Å². The Bertz CT molecular complexity index is 817. The molecule has 2 fully saturated rings. The van der Waals surface area contributed by atoms with Crippen LogP contribution < -0.4 is 4.90 Å². The van der Waals surface area contributed by atoms with Gasteiger partial charge in [0.2, 0.25) is 5.91 Å². The molecule has 1 aromatic rings. The van der Waals surface area contributed by atoms with E-state index in [-0.39, 0.29) is 30.4 Å². The number of hydrogen-bond acceptors (Lipinski definition) is 4. The zero-order valence-electron chi connectivity index (χ0n) is 18.6. The summed E-state index contributed by atoms with van der Waals surface area (Å²) in [6.45, 7) is 0.441. The topological polar surface area (TPSA) is 66.9 Å². The molecule has 2 saturated carbocycles. The third-order valence-corrected chi connectivity index (χ3v) is 7.39. The number of carbonyl (C=O) groups is 3. The van der Waals surface area contributed by atoms with Gasteiger partial charge in [0.05, 0.1) is 11.8 Å². The van der Waals surface area contributed by atoms with E-state index in [4.69, 9.17) is 4.74 Å². The van der Waals surface area contributed by atoms with Crippen molar-refractivity contribution in [3.63, 3.8) is 0 Å². The predicted molar refractivity (Wildman–Crippen MR) is 119 cm³/mol. The van der Waals surface area contributed by atoms with Crippen molar-refractivity contribution in [1.29, 1.82) is 0 Å². The molecule has 6 heteroatoms. The molecule has 0 spiro atoms. The molecule has 0 aromatic heterocycles. The van der Waals surface area contributed by atoms with E-state index in [1.165, 1.54) is 12.0 Å². The molecule has 4 rings (SSSR count). The maximum atomic E-state index is 13.4. The van der Waals surface area contributed by atoms with Gasteiger partial charge in [-0.3, -0.25) is 14.4 Å². The Balaban J connectivity index is 1.36. The number of nitrogens with zero attached hydrogens (tertiary/aromatic N) is 2. The minimum absolute atomic E-state index is 0.0252. The van der Waals surface area contributed by atoms with Gasteiger partial charge in [-0.25, -0.2) is 0 Å². The Kier molecular flexibility index (Phi) is 6.93. The van der Waals surface area contributed by atoms with Crippen molar-refractivity contribution in [2.24, 2.45) is 11.8 Å². The first-order valence-corrected chi connectivity index (χ1v) is 11.9. The Morgan fingerprint density at radius 1 is 0.968 bits per heavy atom. The van der Waals surface area contributed by atoms with E-state index in [0.717, 1.165) is 50.6 Å². The average molecular weight is 427 g/mol. The normalized spacial score (nSPS) is 23.8. The predicted octanol–water partition coefficient (Wildman–Crippen LogP) is 3.72. The third-order valence-electron chi connectivity index (χ3n) is 7.39. The summed E-state index contributed by atoms with van der Waals surface area (Å²) in [5, 5.41) is 0. The Morgan fingerprint density at radius 2 is 1.65 bits per heavy atom. The molecule has 3 aliphatic rings. The summed E-state index contributed by atoms with van der Waals surface area (Å²) in [6.07, 6.45) is 9.62. The molecule has 1 aromatic carbocycles. The van der Waals surface area contributed by atoms with Crippen LogP contribution in [0.4, 0.5) is 5.69 Å². The Hall–Kier alpha value is -2.37. The van der Waals surface area contributed by atoms with E-state index < -0.39 is 11.9 Å². The van der Waals surface area contributed by atoms with Crippen LogP contribution in [0.3, 0.4) is 0 Å². The molecule has 0 radical (unpaired) electrons. The summed E-state index contributed by atoms with van der Waals surface area (Å²) in [6, 6.07) is 8.24. The monoisotopic (exact) mass is 426 g/mol. The number of fused-ring (bicyclic) bond motifs is 1. The zero-order chi connectivity index (χ0) is 21.8. The van der Waals surface area contributed by atoms with Crippen molar-refractivity contribution in [3.05, 3.63) is 29.8 Å². The number of para-hydroxylation sites is 1. The van der Waals surface area contributed by atoms with Gasteiger partial charge in [-0.1, -0.05) is 50.3 Å². The minimum atomic E-state index is -0.457. The number of hydrogen-bond donors (Lipinski definition) is 0. The highest BCUT2D eigenvalue weighted by atomic mass is 16.5. The maximum Gasteiger partial charge on any atom is 0.310 e. The van der Waals surface area contributed by atoms with Gasteiger partial charge in [-0.2, -0.15) is 0 Å². The zero-order valence-corrected chi connectivity index (χ0v) is 18.6. The van der Waals surface area contributed by atoms with Crippen LogP contribution in [-0.2, 0) is 25.5 Å². The highest BCUT2D eigenvalue weighted by Crippen LogP contribution is 2.36. The fraction of sp³-hybridized carbons (Fsp3) is 0.640. The fourth-order valence-electron chi connectivity index (χ4n) is 5.49. The van der Waals surface area contributed by atoms with Gasteiger partial charge in [0.25, 0.3) is 5.91 Å². The number of likely N-dealkylation sites (N-methyl/N-ethyl adjacent to an activating group) is 1. The molecule has 168 valence electrons. The van der Waals surface area contributed by atoms with Gasteiger partial charge in [-0.05, 0) is 43.7 Å². The summed E-state index contributed by atoms with van der Waals surface area (Å²) in [5.41, 5.74) is 2.15. The molecule has 31 heavy (non-hydrogen) atoms. The van der Waals surface area contributed by atoms with E-state index >= 15 is 0 Å². The van der Waals surface area contributed by atoms with Crippen molar-refractivity contribution in [1.82, 2.24) is 4.90 Å². The smallest absolute Gasteiger partial charge is 0.310 e. The van der Waals surface area contributed by atoms with Crippen molar-refractivity contribution in [2.75, 3.05) is 25.1 Å². The van der Waals surface area contributed by atoms with Crippen LogP contribution in [0.15, 0.2) is 24.3 Å². The van der Waals surface area contributed by atoms with E-state index in [9.17, 15) is 14.4 Å². The standard InChI is InChI=1S/C25H34N2O4/c1-26(19-10-3-2-4-11-19)23(28)17-31-25(30)21-13-7-6-12-20(21)24(29)27-16-15-18-9-5-8-14-22(18)27/h5,8-9,14,19-21H,2-4,6-7,10-13,15-17H2,1H3. The van der Waals surface area contributed by atoms with Crippen molar-refractivity contribution in [2.45, 2.75) is 70.3 Å². The molecule has 0 N–H and O–H groups in total. The third kappa shape index (κ3) is 4.78. The fourth-order valence-corrected chi connectivity index (χ4v) is 5.49. The number of anilines is 1. The van der Waals surface area contributed by atoms with Gasteiger partial charge in [0.15, 0.2) is 6.61 Å². The average Bonchev–Trinajstić information content (AvgIpc) is 3.26. The molecule has 6 nitrogen and oxygen atoms in total. The second kappa shape index (κ2) is 9.84. The van der Waals surface area contributed by atoms with Crippen LogP contribution in [0.25, 0.3) is 0 Å². The molecule has 2 aliphatic carbocycles. The summed E-state index contributed by atoms with van der Waals surface area (Å²) in [4.78, 5) is 42.4. The molecule has 2 unspecified atom stereocenters. The van der Waals surface area contributed by atoms with Gasteiger partial charge < -0.3 is 14.5 Å². The number of carbonyl (C=O) groups excluding carboxylic acids is 3. The lowest BCUT2D eigenvalue weighted by Crippen LogP contribution is -2.44. The summed E-state index contributed by atoms with van der Waals surface area (Å²) in [7, 11) is 1.81. The summed E-state index contributed by atoms with van der Waals surface area (Å²) < 4.78 is 5.47. The molecule has 2 atom stereocenters. The lowest BCUT2D eigenvalue weighted by atomic mass is 9.78. The number of ether oxygens (including phenoxy) is 1. The highest BCUT2D eigenvalue weighted by molar-refractivity contribution is 5.99. The molecular formula is C25H34N2O4. The first-order valence-electron chi connectivity index (χ1n) is 11.9. The molecule has 1 aliphatic heterocycles. The quantitative estimate of drug-likeness (QED) is 0.673. The van der Waals surface area contributed by atoms with Crippen molar-refractivity contribution in [3.8, 4) is 0 Å². The number of rotatable bonds is 5. The van der Waals surface area contributed by atoms with Crippen LogP contribution in [0.5, 0.6) is 0 Å². The second-order valence-corrected chi connectivity index (χ2v) is 9.27. The molecule has 0 saturated heterocycles. The van der Waals surface area contributed by atoms with E-state index in [0.29, 0.717) is 19.4 Å². The van der Waals surface area contributed by atoms with E-state index in [1.807, 2.05) is 30.1 Å². The SMILES string of the molecule is CN(C(=O)COC(=O)C1CCCCC1C(=O)N1CCc2ccccc21)C1CCCCC1. The van der Waals surface area contributed by atoms with Gasteiger partial charge in [0.1, 0.15) is 0 Å². The first-order chi connectivity index (χ1) is 15.1. The molecule has 2 amide bonds. The largest absolute Gasteiger partial charge is 0.455 e. The van der Waals surface area contributed by atoms with Gasteiger partial charge in [-0.15, -0.1) is 0 Å². The van der Waals surface area contributed by atoms with Crippen molar-refractivity contribution >= 4 is 23.5 Å². The lowest BCUT2D eigenvalue weighted by molar-refractivity contribution is -0.159. The summed E-state index contributed by atoms with van der Waals surface area (Å²) in [5.74, 6) is -1.33. The van der Waals surface area contributed by atoms with E-state index in [1.54, 1.807) is 4.90 Å². The number of amides is 2. The summed E-state index contributed by atoms with van der Waals surface area (Å²) >= 11 is 0. The maximum absolute atomic E-state index is 13.4. The van der Waals surface area contributed by atoms with Gasteiger partial charge in [0, 0.05) is 25.3 Å². The van der Waals surface area contributed by atoms with Crippen molar-refractivity contribution < 1.29 is 19.1 Å². The van der Waals surface area contributed by atoms with Crippen LogP contribution in [0.2, 0.25) is 0 Å². The lowest BCUT2D eigenvalue weighted by Gasteiger charge is -2.33.